The SMILES string of the molecule is NC(=O)c1nc(Br)sc1-c1ccccc1F. The topological polar surface area (TPSA) is 56.0 Å². The minimum absolute atomic E-state index is 0.0852. The van der Waals surface area contributed by atoms with Gasteiger partial charge in [-0.05, 0) is 22.0 Å². The fourth-order valence-electron chi connectivity index (χ4n) is 1.29. The Balaban J connectivity index is 2.64. The van der Waals surface area contributed by atoms with E-state index < -0.39 is 11.7 Å². The normalized spacial score (nSPS) is 10.4. The van der Waals surface area contributed by atoms with Gasteiger partial charge in [0.15, 0.2) is 3.92 Å². The summed E-state index contributed by atoms with van der Waals surface area (Å²) in [4.78, 5) is 15.5. The lowest BCUT2D eigenvalue weighted by atomic mass is 10.1. The van der Waals surface area contributed by atoms with Gasteiger partial charge in [-0.2, -0.15) is 0 Å². The van der Waals surface area contributed by atoms with Crippen molar-refractivity contribution in [3.63, 3.8) is 0 Å². The van der Waals surface area contributed by atoms with Crippen LogP contribution in [-0.4, -0.2) is 10.9 Å². The van der Waals surface area contributed by atoms with Crippen molar-refractivity contribution in [2.75, 3.05) is 0 Å². The molecular formula is C10H6BrFN2OS. The van der Waals surface area contributed by atoms with Gasteiger partial charge in [-0.25, -0.2) is 9.37 Å². The predicted octanol–water partition coefficient (Wildman–Crippen LogP) is 2.81. The summed E-state index contributed by atoms with van der Waals surface area (Å²) in [6, 6.07) is 6.19. The lowest BCUT2D eigenvalue weighted by molar-refractivity contribution is 0.0996. The molecule has 0 aliphatic carbocycles. The van der Waals surface area contributed by atoms with Crippen molar-refractivity contribution in [1.82, 2.24) is 4.98 Å². The number of benzene rings is 1. The molecule has 2 rings (SSSR count). The molecule has 1 amide bonds. The van der Waals surface area contributed by atoms with Crippen LogP contribution in [0.2, 0.25) is 0 Å². The van der Waals surface area contributed by atoms with Crippen molar-refractivity contribution in [3.8, 4) is 10.4 Å². The molecule has 0 saturated carbocycles. The average Bonchev–Trinajstić information content (AvgIpc) is 2.61. The number of hydrogen-bond donors (Lipinski definition) is 1. The highest BCUT2D eigenvalue weighted by molar-refractivity contribution is 9.11. The molecule has 2 aromatic rings. The third-order valence-corrected chi connectivity index (χ3v) is 3.49. The molecule has 0 aliphatic heterocycles. The smallest absolute Gasteiger partial charge is 0.268 e. The van der Waals surface area contributed by atoms with E-state index in [1.165, 1.54) is 17.4 Å². The van der Waals surface area contributed by atoms with E-state index in [2.05, 4.69) is 20.9 Å². The van der Waals surface area contributed by atoms with Crippen molar-refractivity contribution < 1.29 is 9.18 Å². The average molecular weight is 301 g/mol. The summed E-state index contributed by atoms with van der Waals surface area (Å²) in [5, 5.41) is 0. The second-order valence-electron chi connectivity index (χ2n) is 2.99. The number of carbonyl (C=O) groups is 1. The zero-order chi connectivity index (χ0) is 11.7. The summed E-state index contributed by atoms with van der Waals surface area (Å²) >= 11 is 4.33. The van der Waals surface area contributed by atoms with Gasteiger partial charge in [0, 0.05) is 5.56 Å². The summed E-state index contributed by atoms with van der Waals surface area (Å²) in [6.45, 7) is 0. The summed E-state index contributed by atoms with van der Waals surface area (Å²) in [5.74, 6) is -1.07. The fraction of sp³-hybridized carbons (Fsp3) is 0. The Kier molecular flexibility index (Phi) is 3.02. The zero-order valence-corrected chi connectivity index (χ0v) is 10.3. The first-order valence-corrected chi connectivity index (χ1v) is 5.91. The third-order valence-electron chi connectivity index (χ3n) is 1.95. The Hall–Kier alpha value is -1.27. The number of halogens is 2. The first-order chi connectivity index (χ1) is 7.59. The molecule has 0 atom stereocenters. The molecule has 3 nitrogen and oxygen atoms in total. The monoisotopic (exact) mass is 300 g/mol. The van der Waals surface area contributed by atoms with Crippen molar-refractivity contribution in [1.29, 1.82) is 0 Å². The minimum Gasteiger partial charge on any atom is -0.364 e. The Labute approximate surface area is 103 Å². The summed E-state index contributed by atoms with van der Waals surface area (Å²) in [7, 11) is 0. The van der Waals surface area contributed by atoms with E-state index in [1.54, 1.807) is 18.2 Å². The van der Waals surface area contributed by atoms with E-state index in [-0.39, 0.29) is 5.69 Å². The second kappa shape index (κ2) is 4.31. The maximum absolute atomic E-state index is 13.5. The maximum Gasteiger partial charge on any atom is 0.268 e. The second-order valence-corrected chi connectivity index (χ2v) is 5.26. The maximum atomic E-state index is 13.5. The van der Waals surface area contributed by atoms with Crippen molar-refractivity contribution in [2.24, 2.45) is 5.73 Å². The predicted molar refractivity (Wildman–Crippen MR) is 63.7 cm³/mol. The molecule has 0 radical (unpaired) electrons. The largest absolute Gasteiger partial charge is 0.364 e. The number of rotatable bonds is 2. The number of aromatic nitrogens is 1. The lowest BCUT2D eigenvalue weighted by Gasteiger charge is -2.00. The standard InChI is InChI=1S/C10H6BrFN2OS/c11-10-14-7(9(13)15)8(16-10)5-3-1-2-4-6(5)12/h1-4H,(H2,13,15). The number of nitrogens with two attached hydrogens (primary N) is 1. The van der Waals surface area contributed by atoms with Crippen LogP contribution in [0.1, 0.15) is 10.5 Å². The minimum atomic E-state index is -0.666. The van der Waals surface area contributed by atoms with E-state index in [0.29, 0.717) is 14.4 Å². The Bertz CT molecular complexity index is 556. The molecular weight excluding hydrogens is 295 g/mol. The first kappa shape index (κ1) is 11.2. The van der Waals surface area contributed by atoms with Crippen LogP contribution in [0.25, 0.3) is 10.4 Å². The number of nitrogens with zero attached hydrogens (tertiary/aromatic N) is 1. The molecule has 0 aliphatic rings. The van der Waals surface area contributed by atoms with Gasteiger partial charge in [-0.15, -0.1) is 11.3 Å². The highest BCUT2D eigenvalue weighted by Crippen LogP contribution is 2.34. The van der Waals surface area contributed by atoms with Crippen LogP contribution in [0, 0.1) is 5.82 Å². The van der Waals surface area contributed by atoms with Gasteiger partial charge in [0.1, 0.15) is 11.5 Å². The van der Waals surface area contributed by atoms with Crippen molar-refractivity contribution in [2.45, 2.75) is 0 Å². The van der Waals surface area contributed by atoms with Gasteiger partial charge in [-0.3, -0.25) is 4.79 Å². The molecule has 1 aromatic carbocycles. The number of carbonyl (C=O) groups excluding carboxylic acids is 1. The van der Waals surface area contributed by atoms with E-state index >= 15 is 0 Å². The molecule has 0 spiro atoms. The van der Waals surface area contributed by atoms with E-state index in [4.69, 9.17) is 5.73 Å². The van der Waals surface area contributed by atoms with Crippen LogP contribution in [0.3, 0.4) is 0 Å². The van der Waals surface area contributed by atoms with Crippen LogP contribution < -0.4 is 5.73 Å². The van der Waals surface area contributed by atoms with Gasteiger partial charge >= 0.3 is 0 Å². The van der Waals surface area contributed by atoms with Crippen LogP contribution >= 0.6 is 27.3 Å². The number of thiazole rings is 1. The highest BCUT2D eigenvalue weighted by Gasteiger charge is 2.18. The van der Waals surface area contributed by atoms with Gasteiger partial charge in [0.05, 0.1) is 4.88 Å². The van der Waals surface area contributed by atoms with Gasteiger partial charge in [0.25, 0.3) is 5.91 Å². The molecule has 82 valence electrons. The Morgan fingerprint density at radius 1 is 1.44 bits per heavy atom. The molecule has 1 heterocycles. The Morgan fingerprint density at radius 2 is 2.12 bits per heavy atom. The zero-order valence-electron chi connectivity index (χ0n) is 7.91. The van der Waals surface area contributed by atoms with Gasteiger partial charge in [-0.1, -0.05) is 18.2 Å². The summed E-state index contributed by atoms with van der Waals surface area (Å²) in [6.07, 6.45) is 0. The van der Waals surface area contributed by atoms with E-state index in [9.17, 15) is 9.18 Å². The number of amides is 1. The molecule has 0 unspecified atom stereocenters. The van der Waals surface area contributed by atoms with Crippen LogP contribution in [0.15, 0.2) is 28.2 Å². The molecule has 0 saturated heterocycles. The van der Waals surface area contributed by atoms with Gasteiger partial charge < -0.3 is 5.73 Å². The Morgan fingerprint density at radius 3 is 2.75 bits per heavy atom. The first-order valence-electron chi connectivity index (χ1n) is 4.30. The molecule has 2 N–H and O–H groups in total. The summed E-state index contributed by atoms with van der Waals surface area (Å²) < 4.78 is 14.0. The molecule has 16 heavy (non-hydrogen) atoms. The fourth-order valence-corrected chi connectivity index (χ4v) is 2.78. The number of primary amides is 1. The molecule has 6 heteroatoms. The van der Waals surface area contributed by atoms with Crippen LogP contribution in [-0.2, 0) is 0 Å². The third kappa shape index (κ3) is 1.98. The molecule has 0 bridgehead atoms. The number of hydrogen-bond acceptors (Lipinski definition) is 3. The van der Waals surface area contributed by atoms with E-state index in [1.807, 2.05) is 0 Å². The molecule has 0 fully saturated rings. The summed E-state index contributed by atoms with van der Waals surface area (Å²) in [5.41, 5.74) is 5.60. The molecule has 1 aromatic heterocycles. The highest BCUT2D eigenvalue weighted by atomic mass is 79.9. The van der Waals surface area contributed by atoms with Gasteiger partial charge in [0.2, 0.25) is 0 Å². The van der Waals surface area contributed by atoms with Crippen LogP contribution in [0.5, 0.6) is 0 Å². The quantitative estimate of drug-likeness (QED) is 0.927. The van der Waals surface area contributed by atoms with Crippen molar-refractivity contribution in [3.05, 3.63) is 39.7 Å². The van der Waals surface area contributed by atoms with E-state index in [0.717, 1.165) is 0 Å². The van der Waals surface area contributed by atoms with Crippen LogP contribution in [0.4, 0.5) is 4.39 Å². The lowest BCUT2D eigenvalue weighted by Crippen LogP contribution is -2.12. The van der Waals surface area contributed by atoms with Crippen molar-refractivity contribution >= 4 is 33.2 Å².